The van der Waals surface area contributed by atoms with E-state index in [2.05, 4.69) is 10.3 Å². The number of pyridine rings is 1. The van der Waals surface area contributed by atoms with Gasteiger partial charge in [0.25, 0.3) is 5.56 Å². The van der Waals surface area contributed by atoms with Crippen molar-refractivity contribution in [1.29, 1.82) is 0 Å². The summed E-state index contributed by atoms with van der Waals surface area (Å²) >= 11 is 0. The SMILES string of the molecule is COC(=O)c1ccc(Nc2cn(Cc3ccc(OC)cc3)c(=O)n(Cc3ccc(OC)cc3)c2=O)nc1. The summed E-state index contributed by atoms with van der Waals surface area (Å²) in [7, 11) is 4.43. The molecule has 0 unspecified atom stereocenters. The number of carbonyl (C=O) groups is 1. The van der Waals surface area contributed by atoms with Gasteiger partial charge >= 0.3 is 11.7 Å². The van der Waals surface area contributed by atoms with Gasteiger partial charge in [-0.2, -0.15) is 0 Å². The number of nitrogens with one attached hydrogen (secondary N) is 1. The molecule has 0 aliphatic heterocycles. The van der Waals surface area contributed by atoms with Crippen LogP contribution >= 0.6 is 0 Å². The first-order valence-electron chi connectivity index (χ1n) is 11.3. The first kappa shape index (κ1) is 25.2. The molecular formula is C27H26N4O6. The number of methoxy groups -OCH3 is 3. The van der Waals surface area contributed by atoms with E-state index in [0.29, 0.717) is 17.3 Å². The van der Waals surface area contributed by atoms with Crippen LogP contribution in [0.15, 0.2) is 82.6 Å². The van der Waals surface area contributed by atoms with Crippen LogP contribution in [0.5, 0.6) is 11.5 Å². The number of hydrogen-bond acceptors (Lipinski definition) is 8. The Morgan fingerprint density at radius 1 is 0.838 bits per heavy atom. The maximum atomic E-state index is 13.4. The van der Waals surface area contributed by atoms with E-state index in [1.807, 2.05) is 12.1 Å². The van der Waals surface area contributed by atoms with Crippen LogP contribution in [0.1, 0.15) is 21.5 Å². The van der Waals surface area contributed by atoms with E-state index in [-0.39, 0.29) is 24.3 Å². The van der Waals surface area contributed by atoms with E-state index in [1.54, 1.807) is 56.7 Å². The molecule has 0 spiro atoms. The molecule has 1 N–H and O–H groups in total. The Bertz CT molecular complexity index is 1490. The van der Waals surface area contributed by atoms with E-state index < -0.39 is 17.2 Å². The molecule has 2 aromatic heterocycles. The van der Waals surface area contributed by atoms with Crippen LogP contribution < -0.4 is 26.0 Å². The highest BCUT2D eigenvalue weighted by Crippen LogP contribution is 2.15. The Balaban J connectivity index is 1.73. The lowest BCUT2D eigenvalue weighted by atomic mass is 10.2. The second kappa shape index (κ2) is 11.3. The summed E-state index contributed by atoms with van der Waals surface area (Å²) in [6.45, 7) is 0.295. The van der Waals surface area contributed by atoms with Gasteiger partial charge in [-0.25, -0.2) is 14.6 Å². The van der Waals surface area contributed by atoms with Crippen molar-refractivity contribution in [3.05, 3.63) is 111 Å². The molecule has 0 aliphatic carbocycles. The summed E-state index contributed by atoms with van der Waals surface area (Å²) in [5.74, 6) is 1.18. The molecule has 190 valence electrons. The van der Waals surface area contributed by atoms with Crippen LogP contribution in [0.3, 0.4) is 0 Å². The van der Waals surface area contributed by atoms with Gasteiger partial charge in [0, 0.05) is 12.4 Å². The Morgan fingerprint density at radius 3 is 1.95 bits per heavy atom. The Kier molecular flexibility index (Phi) is 7.68. The van der Waals surface area contributed by atoms with Crippen molar-refractivity contribution in [3.63, 3.8) is 0 Å². The smallest absolute Gasteiger partial charge is 0.339 e. The molecule has 4 aromatic rings. The van der Waals surface area contributed by atoms with Crippen molar-refractivity contribution in [1.82, 2.24) is 14.1 Å². The molecule has 2 heterocycles. The van der Waals surface area contributed by atoms with Crippen molar-refractivity contribution in [2.75, 3.05) is 26.6 Å². The molecule has 0 aliphatic rings. The lowest BCUT2D eigenvalue weighted by Gasteiger charge is -2.15. The minimum absolute atomic E-state index is 0.0640. The fourth-order valence-corrected chi connectivity index (χ4v) is 3.68. The van der Waals surface area contributed by atoms with E-state index >= 15 is 0 Å². The highest BCUT2D eigenvalue weighted by molar-refractivity contribution is 5.89. The van der Waals surface area contributed by atoms with Crippen molar-refractivity contribution < 1.29 is 19.0 Å². The van der Waals surface area contributed by atoms with Gasteiger partial charge in [0.1, 0.15) is 23.0 Å². The van der Waals surface area contributed by atoms with Crippen molar-refractivity contribution >= 4 is 17.5 Å². The maximum absolute atomic E-state index is 13.4. The summed E-state index contributed by atoms with van der Waals surface area (Å²) in [6, 6.07) is 17.5. The standard InChI is InChI=1S/C27H26N4O6/c1-35-21-9-4-18(5-10-21)15-30-17-23(29-24-13-8-20(14-28-24)26(33)37-3)25(32)31(27(30)34)16-19-6-11-22(36-2)12-7-19/h4-14,17H,15-16H2,1-3H3,(H,28,29). The fourth-order valence-electron chi connectivity index (χ4n) is 3.68. The van der Waals surface area contributed by atoms with Crippen LogP contribution in [-0.2, 0) is 17.8 Å². The van der Waals surface area contributed by atoms with Crippen LogP contribution in [0, 0.1) is 0 Å². The molecule has 0 saturated carbocycles. The zero-order chi connectivity index (χ0) is 26.4. The van der Waals surface area contributed by atoms with Crippen LogP contribution in [0.25, 0.3) is 0 Å². The molecule has 0 amide bonds. The lowest BCUT2D eigenvalue weighted by molar-refractivity contribution is 0.0600. The van der Waals surface area contributed by atoms with Gasteiger partial charge in [0.2, 0.25) is 0 Å². The second-order valence-corrected chi connectivity index (χ2v) is 8.09. The minimum atomic E-state index is -0.520. The number of hydrogen-bond donors (Lipinski definition) is 1. The molecule has 0 radical (unpaired) electrons. The van der Waals surface area contributed by atoms with E-state index in [1.165, 1.54) is 30.1 Å². The number of carbonyl (C=O) groups excluding carboxylic acids is 1. The third-order valence-corrected chi connectivity index (χ3v) is 5.70. The van der Waals surface area contributed by atoms with Crippen LogP contribution in [0.2, 0.25) is 0 Å². The van der Waals surface area contributed by atoms with E-state index in [0.717, 1.165) is 15.7 Å². The molecule has 0 atom stereocenters. The molecule has 0 bridgehead atoms. The maximum Gasteiger partial charge on any atom is 0.339 e. The van der Waals surface area contributed by atoms with Gasteiger partial charge in [-0.1, -0.05) is 24.3 Å². The van der Waals surface area contributed by atoms with Crippen molar-refractivity contribution in [3.8, 4) is 11.5 Å². The number of aromatic nitrogens is 3. The number of nitrogens with zero attached hydrogens (tertiary/aromatic N) is 3. The molecule has 10 nitrogen and oxygen atoms in total. The summed E-state index contributed by atoms with van der Waals surface area (Å²) < 4.78 is 17.7. The Hall–Kier alpha value is -4.86. The van der Waals surface area contributed by atoms with Gasteiger partial charge in [-0.05, 0) is 47.5 Å². The lowest BCUT2D eigenvalue weighted by Crippen LogP contribution is -2.41. The van der Waals surface area contributed by atoms with Crippen LogP contribution in [-0.4, -0.2) is 41.4 Å². The molecule has 2 aromatic carbocycles. The first-order chi connectivity index (χ1) is 17.9. The van der Waals surface area contributed by atoms with Gasteiger partial charge in [-0.15, -0.1) is 0 Å². The largest absolute Gasteiger partial charge is 0.497 e. The predicted molar refractivity (Wildman–Crippen MR) is 138 cm³/mol. The molecule has 0 fully saturated rings. The molecular weight excluding hydrogens is 476 g/mol. The Morgan fingerprint density at radius 2 is 1.43 bits per heavy atom. The van der Waals surface area contributed by atoms with E-state index in [9.17, 15) is 14.4 Å². The zero-order valence-electron chi connectivity index (χ0n) is 20.6. The molecule has 37 heavy (non-hydrogen) atoms. The highest BCUT2D eigenvalue weighted by atomic mass is 16.5. The number of ether oxygens (including phenoxy) is 3. The van der Waals surface area contributed by atoms with Crippen molar-refractivity contribution in [2.45, 2.75) is 13.1 Å². The van der Waals surface area contributed by atoms with Gasteiger partial charge < -0.3 is 19.5 Å². The Labute approximate surface area is 212 Å². The summed E-state index contributed by atoms with van der Waals surface area (Å²) in [6.07, 6.45) is 2.81. The number of esters is 1. The minimum Gasteiger partial charge on any atom is -0.497 e. The summed E-state index contributed by atoms with van der Waals surface area (Å²) in [5, 5.41) is 2.98. The topological polar surface area (TPSA) is 114 Å². The average Bonchev–Trinajstić information content (AvgIpc) is 2.94. The average molecular weight is 503 g/mol. The normalized spacial score (nSPS) is 10.6. The van der Waals surface area contributed by atoms with Crippen molar-refractivity contribution in [2.24, 2.45) is 0 Å². The third-order valence-electron chi connectivity index (χ3n) is 5.70. The van der Waals surface area contributed by atoms with E-state index in [4.69, 9.17) is 14.2 Å². The molecule has 4 rings (SSSR count). The number of rotatable bonds is 9. The first-order valence-corrected chi connectivity index (χ1v) is 11.3. The van der Waals surface area contributed by atoms with Gasteiger partial charge in [0.15, 0.2) is 0 Å². The second-order valence-electron chi connectivity index (χ2n) is 8.09. The van der Waals surface area contributed by atoms with Gasteiger partial charge in [0.05, 0.1) is 40.0 Å². The summed E-state index contributed by atoms with van der Waals surface area (Å²) in [4.78, 5) is 42.7. The fraction of sp³-hybridized carbons (Fsp3) is 0.185. The third kappa shape index (κ3) is 5.87. The quantitative estimate of drug-likeness (QED) is 0.348. The molecule has 0 saturated heterocycles. The zero-order valence-corrected chi connectivity index (χ0v) is 20.6. The molecule has 10 heteroatoms. The summed E-state index contributed by atoms with van der Waals surface area (Å²) in [5.41, 5.74) is 1.06. The van der Waals surface area contributed by atoms with Crippen LogP contribution in [0.4, 0.5) is 11.5 Å². The predicted octanol–water partition coefficient (Wildman–Crippen LogP) is 3.05. The highest BCUT2D eigenvalue weighted by Gasteiger charge is 2.14. The number of anilines is 2. The number of benzene rings is 2. The monoisotopic (exact) mass is 502 g/mol. The van der Waals surface area contributed by atoms with Gasteiger partial charge in [-0.3, -0.25) is 13.9 Å².